The van der Waals surface area contributed by atoms with Gasteiger partial charge in [0.2, 0.25) is 0 Å². The lowest BCUT2D eigenvalue weighted by atomic mass is 10.1. The summed E-state index contributed by atoms with van der Waals surface area (Å²) in [4.78, 5) is 24.7. The zero-order valence-corrected chi connectivity index (χ0v) is 14.9. The van der Waals surface area contributed by atoms with Crippen molar-refractivity contribution in [3.05, 3.63) is 60.1 Å². The van der Waals surface area contributed by atoms with E-state index < -0.39 is 0 Å². The number of anilines is 3. The van der Waals surface area contributed by atoms with Crippen molar-refractivity contribution in [2.75, 3.05) is 23.3 Å². The summed E-state index contributed by atoms with van der Waals surface area (Å²) in [5.74, 6) is 3.63. The Labute approximate surface area is 152 Å². The predicted octanol–water partition coefficient (Wildman–Crippen LogP) is 3.02. The van der Waals surface area contributed by atoms with Gasteiger partial charge in [0, 0.05) is 48.9 Å². The summed E-state index contributed by atoms with van der Waals surface area (Å²) in [5, 5.41) is 3.29. The van der Waals surface area contributed by atoms with Crippen molar-refractivity contribution in [1.29, 1.82) is 0 Å². The van der Waals surface area contributed by atoms with E-state index in [0.717, 1.165) is 54.2 Å². The monoisotopic (exact) mass is 347 g/mol. The van der Waals surface area contributed by atoms with Crippen LogP contribution in [0, 0.1) is 13.8 Å². The minimum atomic E-state index is 0.280. The predicted molar refractivity (Wildman–Crippen MR) is 101 cm³/mol. The number of aromatic nitrogens is 5. The van der Waals surface area contributed by atoms with Crippen molar-refractivity contribution in [3.63, 3.8) is 0 Å². The summed E-state index contributed by atoms with van der Waals surface area (Å²) in [6, 6.07) is 7.84. The smallest absolute Gasteiger partial charge is 0.147 e. The lowest BCUT2D eigenvalue weighted by Gasteiger charge is -2.16. The topological polar surface area (TPSA) is 79.7 Å². The number of nitrogens with one attached hydrogen (secondary N) is 1. The molecule has 1 saturated heterocycles. The van der Waals surface area contributed by atoms with Gasteiger partial charge in [0.15, 0.2) is 0 Å². The van der Waals surface area contributed by atoms with Crippen LogP contribution in [0.4, 0.5) is 17.5 Å². The van der Waals surface area contributed by atoms with Crippen LogP contribution in [-0.4, -0.2) is 38.0 Å². The van der Waals surface area contributed by atoms with Crippen LogP contribution in [0.2, 0.25) is 0 Å². The normalized spacial score (nSPS) is 16.7. The number of pyridine rings is 1. The molecule has 1 aliphatic heterocycles. The molecule has 0 amide bonds. The van der Waals surface area contributed by atoms with Gasteiger partial charge in [-0.3, -0.25) is 4.98 Å². The molecule has 7 heteroatoms. The number of rotatable bonds is 4. The number of aryl methyl sites for hydroxylation is 2. The molecule has 1 aliphatic rings. The first-order chi connectivity index (χ1) is 12.7. The van der Waals surface area contributed by atoms with Gasteiger partial charge < -0.3 is 10.2 Å². The van der Waals surface area contributed by atoms with E-state index in [4.69, 9.17) is 4.98 Å². The van der Waals surface area contributed by atoms with Crippen LogP contribution in [0.1, 0.15) is 29.6 Å². The average molecular weight is 347 g/mol. The van der Waals surface area contributed by atoms with Crippen molar-refractivity contribution in [1.82, 2.24) is 24.9 Å². The maximum Gasteiger partial charge on any atom is 0.147 e. The van der Waals surface area contributed by atoms with E-state index >= 15 is 0 Å². The van der Waals surface area contributed by atoms with Gasteiger partial charge >= 0.3 is 0 Å². The van der Waals surface area contributed by atoms with E-state index in [1.54, 1.807) is 18.6 Å². The Hall–Kier alpha value is -3.09. The summed E-state index contributed by atoms with van der Waals surface area (Å²) in [6.45, 7) is 5.75. The van der Waals surface area contributed by atoms with Crippen LogP contribution in [-0.2, 0) is 0 Å². The van der Waals surface area contributed by atoms with Crippen molar-refractivity contribution in [3.8, 4) is 0 Å². The second-order valence-corrected chi connectivity index (χ2v) is 6.54. The summed E-state index contributed by atoms with van der Waals surface area (Å²) in [7, 11) is 0. The quantitative estimate of drug-likeness (QED) is 0.777. The van der Waals surface area contributed by atoms with E-state index in [2.05, 4.69) is 30.2 Å². The van der Waals surface area contributed by atoms with E-state index in [9.17, 15) is 0 Å². The molecule has 4 heterocycles. The zero-order valence-electron chi connectivity index (χ0n) is 14.9. The highest BCUT2D eigenvalue weighted by molar-refractivity contribution is 5.52. The molecule has 1 atom stereocenters. The highest BCUT2D eigenvalue weighted by Crippen LogP contribution is 2.28. The fourth-order valence-corrected chi connectivity index (χ4v) is 3.22. The number of nitrogens with zero attached hydrogens (tertiary/aromatic N) is 6. The third kappa shape index (κ3) is 3.61. The van der Waals surface area contributed by atoms with Crippen LogP contribution in [0.25, 0.3) is 0 Å². The van der Waals surface area contributed by atoms with Gasteiger partial charge in [-0.1, -0.05) is 6.07 Å². The lowest BCUT2D eigenvalue weighted by Crippen LogP contribution is -2.21. The average Bonchev–Trinajstić information content (AvgIpc) is 3.12. The fraction of sp³-hybridized carbons (Fsp3) is 0.316. The summed E-state index contributed by atoms with van der Waals surface area (Å²) in [6.07, 6.45) is 6.22. The van der Waals surface area contributed by atoms with Crippen LogP contribution in [0.3, 0.4) is 0 Å². The summed E-state index contributed by atoms with van der Waals surface area (Å²) in [5.41, 5.74) is 1.92. The largest absolute Gasteiger partial charge is 0.355 e. The highest BCUT2D eigenvalue weighted by Gasteiger charge is 2.27. The first kappa shape index (κ1) is 16.4. The minimum Gasteiger partial charge on any atom is -0.355 e. The molecule has 0 aromatic carbocycles. The molecule has 26 heavy (non-hydrogen) atoms. The molecule has 0 unspecified atom stereocenters. The second kappa shape index (κ2) is 7.03. The first-order valence-electron chi connectivity index (χ1n) is 8.74. The Bertz CT molecular complexity index is 897. The van der Waals surface area contributed by atoms with Crippen LogP contribution in [0.15, 0.2) is 42.9 Å². The molecule has 132 valence electrons. The fourth-order valence-electron chi connectivity index (χ4n) is 3.22. The molecule has 3 aromatic heterocycles. The van der Waals surface area contributed by atoms with Gasteiger partial charge in [0.25, 0.3) is 0 Å². The maximum atomic E-state index is 4.74. The van der Waals surface area contributed by atoms with E-state index in [1.807, 2.05) is 38.1 Å². The van der Waals surface area contributed by atoms with Gasteiger partial charge in [0.05, 0.1) is 6.20 Å². The molecule has 0 aliphatic carbocycles. The Morgan fingerprint density at radius 1 is 1.04 bits per heavy atom. The zero-order chi connectivity index (χ0) is 17.9. The standard InChI is InChI=1S/C19H21N7/c1-13-4-3-5-16(22-13)24-17-10-14(2)23-19(25-17)15-6-9-26(12-15)18-11-20-7-8-21-18/h3-5,7-8,10-11,15H,6,9,12H2,1-2H3,(H,22,23,24,25)/t15-/m1/s1. The van der Waals surface area contributed by atoms with Gasteiger partial charge in [-0.2, -0.15) is 0 Å². The van der Waals surface area contributed by atoms with Crippen LogP contribution in [0.5, 0.6) is 0 Å². The molecule has 0 spiro atoms. The third-order valence-electron chi connectivity index (χ3n) is 4.44. The minimum absolute atomic E-state index is 0.280. The number of hydrogen-bond donors (Lipinski definition) is 1. The van der Waals surface area contributed by atoms with Crippen LogP contribution >= 0.6 is 0 Å². The summed E-state index contributed by atoms with van der Waals surface area (Å²) < 4.78 is 0. The Balaban J connectivity index is 1.53. The molecule has 1 fully saturated rings. The SMILES string of the molecule is Cc1cccc(Nc2cc(C)nc([C@@H]3CCN(c4cnccn4)C3)n2)n1. The molecule has 7 nitrogen and oxygen atoms in total. The van der Waals surface area contributed by atoms with Gasteiger partial charge in [-0.15, -0.1) is 0 Å². The van der Waals surface area contributed by atoms with Crippen LogP contribution < -0.4 is 10.2 Å². The lowest BCUT2D eigenvalue weighted by molar-refractivity contribution is 0.705. The van der Waals surface area contributed by atoms with E-state index in [0.29, 0.717) is 0 Å². The number of hydrogen-bond acceptors (Lipinski definition) is 7. The van der Waals surface area contributed by atoms with E-state index in [1.165, 1.54) is 0 Å². The van der Waals surface area contributed by atoms with E-state index in [-0.39, 0.29) is 5.92 Å². The van der Waals surface area contributed by atoms with Gasteiger partial charge in [0.1, 0.15) is 23.3 Å². The van der Waals surface area contributed by atoms with Gasteiger partial charge in [-0.05, 0) is 32.4 Å². The van der Waals surface area contributed by atoms with Crippen molar-refractivity contribution in [2.45, 2.75) is 26.2 Å². The molecular weight excluding hydrogens is 326 g/mol. The highest BCUT2D eigenvalue weighted by atomic mass is 15.2. The van der Waals surface area contributed by atoms with Crippen molar-refractivity contribution < 1.29 is 0 Å². The molecular formula is C19H21N7. The Morgan fingerprint density at radius 3 is 2.77 bits per heavy atom. The summed E-state index contributed by atoms with van der Waals surface area (Å²) >= 11 is 0. The third-order valence-corrected chi connectivity index (χ3v) is 4.44. The second-order valence-electron chi connectivity index (χ2n) is 6.54. The maximum absolute atomic E-state index is 4.74. The van der Waals surface area contributed by atoms with Gasteiger partial charge in [-0.25, -0.2) is 19.9 Å². The molecule has 4 rings (SSSR count). The molecule has 1 N–H and O–H groups in total. The molecule has 3 aromatic rings. The first-order valence-corrected chi connectivity index (χ1v) is 8.74. The molecule has 0 radical (unpaired) electrons. The molecule has 0 saturated carbocycles. The Morgan fingerprint density at radius 2 is 1.96 bits per heavy atom. The molecule has 0 bridgehead atoms. The Kier molecular flexibility index (Phi) is 4.43. The van der Waals surface area contributed by atoms with Crippen molar-refractivity contribution >= 4 is 17.5 Å². The van der Waals surface area contributed by atoms with Crippen molar-refractivity contribution in [2.24, 2.45) is 0 Å².